The highest BCUT2D eigenvalue weighted by molar-refractivity contribution is 5.84. The molecular formula is C13H22O5. The maximum atomic E-state index is 10.5. The molecule has 0 rings (SSSR count). The zero-order chi connectivity index (χ0) is 14.4. The fourth-order valence-corrected chi connectivity index (χ4v) is 0.682. The largest absolute Gasteiger partial charge is 0.478 e. The monoisotopic (exact) mass is 258 g/mol. The summed E-state index contributed by atoms with van der Waals surface area (Å²) in [5.74, 6) is -1.29. The lowest BCUT2D eigenvalue weighted by atomic mass is 10.3. The Bertz CT molecular complexity index is 259. The standard InChI is InChI=1S/C9H16O3.C4H6O2/c1-3-9(10)12-8-6-5-7-11-4-2;1-3(2)4(5)6/h3H,1,4-8H2,2H3;1H2,2H3,(H,5,6). The Morgan fingerprint density at radius 3 is 2.17 bits per heavy atom. The van der Waals surface area contributed by atoms with Crippen LogP contribution in [0.2, 0.25) is 0 Å². The minimum Gasteiger partial charge on any atom is -0.478 e. The maximum absolute atomic E-state index is 10.5. The van der Waals surface area contributed by atoms with E-state index in [1.54, 1.807) is 0 Å². The van der Waals surface area contributed by atoms with Crippen LogP contribution in [0.4, 0.5) is 0 Å². The van der Waals surface area contributed by atoms with Crippen LogP contribution in [0.25, 0.3) is 0 Å². The molecule has 0 aromatic heterocycles. The summed E-state index contributed by atoms with van der Waals surface area (Å²) in [5.41, 5.74) is 0.176. The van der Waals surface area contributed by atoms with Crippen LogP contribution < -0.4 is 0 Å². The van der Waals surface area contributed by atoms with Gasteiger partial charge in [-0.15, -0.1) is 0 Å². The Kier molecular flexibility index (Phi) is 14.0. The molecule has 0 spiro atoms. The number of carboxylic acids is 1. The smallest absolute Gasteiger partial charge is 0.330 e. The van der Waals surface area contributed by atoms with Crippen LogP contribution >= 0.6 is 0 Å². The number of esters is 1. The molecule has 0 radical (unpaired) electrons. The number of hydrogen-bond acceptors (Lipinski definition) is 4. The summed E-state index contributed by atoms with van der Waals surface area (Å²) in [7, 11) is 0. The van der Waals surface area contributed by atoms with Gasteiger partial charge >= 0.3 is 11.9 Å². The summed E-state index contributed by atoms with van der Waals surface area (Å²) in [4.78, 5) is 20.1. The van der Waals surface area contributed by atoms with Gasteiger partial charge in [0.25, 0.3) is 0 Å². The van der Waals surface area contributed by atoms with Gasteiger partial charge < -0.3 is 14.6 Å². The van der Waals surface area contributed by atoms with E-state index in [2.05, 4.69) is 13.2 Å². The predicted molar refractivity (Wildman–Crippen MR) is 69.3 cm³/mol. The van der Waals surface area contributed by atoms with E-state index in [0.29, 0.717) is 6.61 Å². The molecule has 0 fully saturated rings. The summed E-state index contributed by atoms with van der Waals surface area (Å²) in [6.45, 7) is 11.8. The molecule has 0 aliphatic carbocycles. The molecule has 0 aromatic carbocycles. The molecule has 0 saturated heterocycles. The van der Waals surface area contributed by atoms with Gasteiger partial charge in [0.2, 0.25) is 0 Å². The number of ether oxygens (including phenoxy) is 2. The molecule has 18 heavy (non-hydrogen) atoms. The SMILES string of the molecule is C=C(C)C(=O)O.C=CC(=O)OCCCCOCC. The molecule has 0 aliphatic rings. The van der Waals surface area contributed by atoms with Crippen LogP contribution in [0.15, 0.2) is 24.8 Å². The number of carboxylic acid groups (broad SMARTS) is 1. The van der Waals surface area contributed by atoms with Crippen molar-refractivity contribution in [2.24, 2.45) is 0 Å². The summed E-state index contributed by atoms with van der Waals surface area (Å²) >= 11 is 0. The fourth-order valence-electron chi connectivity index (χ4n) is 0.682. The normalized spacial score (nSPS) is 8.78. The van der Waals surface area contributed by atoms with Crippen LogP contribution in [-0.4, -0.2) is 36.9 Å². The van der Waals surface area contributed by atoms with Crippen molar-refractivity contribution in [3.8, 4) is 0 Å². The zero-order valence-electron chi connectivity index (χ0n) is 11.1. The molecule has 0 bridgehead atoms. The van der Waals surface area contributed by atoms with Gasteiger partial charge in [-0.05, 0) is 26.7 Å². The van der Waals surface area contributed by atoms with E-state index in [9.17, 15) is 9.59 Å². The number of hydrogen-bond donors (Lipinski definition) is 1. The third-order valence-electron chi connectivity index (χ3n) is 1.66. The van der Waals surface area contributed by atoms with Gasteiger partial charge in [-0.1, -0.05) is 13.2 Å². The maximum Gasteiger partial charge on any atom is 0.330 e. The lowest BCUT2D eigenvalue weighted by molar-refractivity contribution is -0.138. The Morgan fingerprint density at radius 1 is 1.28 bits per heavy atom. The van der Waals surface area contributed by atoms with Crippen LogP contribution in [0.5, 0.6) is 0 Å². The molecule has 0 heterocycles. The predicted octanol–water partition coefficient (Wildman–Crippen LogP) is 2.18. The molecule has 0 aliphatic heterocycles. The van der Waals surface area contributed by atoms with Gasteiger partial charge in [-0.3, -0.25) is 0 Å². The third kappa shape index (κ3) is 16.8. The van der Waals surface area contributed by atoms with Crippen molar-refractivity contribution in [1.29, 1.82) is 0 Å². The fraction of sp³-hybridized carbons (Fsp3) is 0.538. The van der Waals surface area contributed by atoms with Gasteiger partial charge in [-0.2, -0.15) is 0 Å². The van der Waals surface area contributed by atoms with Crippen molar-refractivity contribution in [3.05, 3.63) is 24.8 Å². The van der Waals surface area contributed by atoms with E-state index < -0.39 is 5.97 Å². The van der Waals surface area contributed by atoms with Crippen molar-refractivity contribution in [2.75, 3.05) is 19.8 Å². The molecule has 5 nitrogen and oxygen atoms in total. The second-order valence-electron chi connectivity index (χ2n) is 3.36. The average Bonchev–Trinajstić information content (AvgIpc) is 2.33. The first-order valence-corrected chi connectivity index (χ1v) is 5.71. The van der Waals surface area contributed by atoms with Crippen molar-refractivity contribution in [2.45, 2.75) is 26.7 Å². The van der Waals surface area contributed by atoms with Gasteiger partial charge in [0.15, 0.2) is 0 Å². The van der Waals surface area contributed by atoms with Crippen LogP contribution in [0.3, 0.4) is 0 Å². The lowest BCUT2D eigenvalue weighted by Gasteiger charge is -2.01. The molecule has 0 saturated carbocycles. The van der Waals surface area contributed by atoms with Crippen molar-refractivity contribution in [3.63, 3.8) is 0 Å². The summed E-state index contributed by atoms with van der Waals surface area (Å²) in [6.07, 6.45) is 2.94. The highest BCUT2D eigenvalue weighted by atomic mass is 16.5. The lowest BCUT2D eigenvalue weighted by Crippen LogP contribution is -2.03. The van der Waals surface area contributed by atoms with Crippen LogP contribution in [0, 0.1) is 0 Å². The number of carbonyl (C=O) groups excluding carboxylic acids is 1. The van der Waals surface area contributed by atoms with E-state index in [-0.39, 0.29) is 11.5 Å². The molecule has 0 aromatic rings. The second kappa shape index (κ2) is 13.4. The van der Waals surface area contributed by atoms with Gasteiger partial charge in [-0.25, -0.2) is 9.59 Å². The number of unbranched alkanes of at least 4 members (excludes halogenated alkanes) is 1. The summed E-state index contributed by atoms with van der Waals surface area (Å²) in [5, 5.41) is 7.89. The second-order valence-corrected chi connectivity index (χ2v) is 3.36. The Hall–Kier alpha value is -1.62. The molecular weight excluding hydrogens is 236 g/mol. The Balaban J connectivity index is 0. The van der Waals surface area contributed by atoms with Gasteiger partial charge in [0, 0.05) is 24.9 Å². The first-order chi connectivity index (χ1) is 8.45. The minimum absolute atomic E-state index is 0.176. The van der Waals surface area contributed by atoms with E-state index in [4.69, 9.17) is 14.6 Å². The number of carbonyl (C=O) groups is 2. The molecule has 0 unspecified atom stereocenters. The molecule has 104 valence electrons. The van der Waals surface area contributed by atoms with Crippen LogP contribution in [0.1, 0.15) is 26.7 Å². The first-order valence-electron chi connectivity index (χ1n) is 5.71. The van der Waals surface area contributed by atoms with E-state index in [1.165, 1.54) is 13.0 Å². The Labute approximate surface area is 108 Å². The average molecular weight is 258 g/mol. The Morgan fingerprint density at radius 2 is 1.78 bits per heavy atom. The molecule has 0 atom stereocenters. The van der Waals surface area contributed by atoms with Crippen LogP contribution in [-0.2, 0) is 19.1 Å². The highest BCUT2D eigenvalue weighted by Crippen LogP contribution is 1.91. The number of aliphatic carboxylic acids is 1. The quantitative estimate of drug-likeness (QED) is 0.410. The first kappa shape index (κ1) is 18.7. The molecule has 5 heteroatoms. The highest BCUT2D eigenvalue weighted by Gasteiger charge is 1.94. The topological polar surface area (TPSA) is 72.8 Å². The van der Waals surface area contributed by atoms with Crippen molar-refractivity contribution < 1.29 is 24.2 Å². The van der Waals surface area contributed by atoms with Gasteiger partial charge in [0.05, 0.1) is 6.61 Å². The minimum atomic E-state index is -0.935. The number of rotatable bonds is 8. The van der Waals surface area contributed by atoms with E-state index in [1.807, 2.05) is 6.92 Å². The molecule has 1 N–H and O–H groups in total. The van der Waals surface area contributed by atoms with E-state index in [0.717, 1.165) is 26.1 Å². The third-order valence-corrected chi connectivity index (χ3v) is 1.66. The van der Waals surface area contributed by atoms with Crippen molar-refractivity contribution >= 4 is 11.9 Å². The summed E-state index contributed by atoms with van der Waals surface area (Å²) < 4.78 is 9.87. The van der Waals surface area contributed by atoms with Gasteiger partial charge in [0.1, 0.15) is 0 Å². The molecule has 0 amide bonds. The van der Waals surface area contributed by atoms with E-state index >= 15 is 0 Å². The zero-order valence-corrected chi connectivity index (χ0v) is 11.1. The van der Waals surface area contributed by atoms with Crippen molar-refractivity contribution in [1.82, 2.24) is 0 Å². The summed E-state index contributed by atoms with van der Waals surface area (Å²) in [6, 6.07) is 0.